The van der Waals surface area contributed by atoms with E-state index >= 15 is 0 Å². The third-order valence-electron chi connectivity index (χ3n) is 4.10. The van der Waals surface area contributed by atoms with Crippen LogP contribution in [-0.2, 0) is 13.6 Å². The van der Waals surface area contributed by atoms with E-state index in [-0.39, 0.29) is 5.91 Å². The predicted molar refractivity (Wildman–Crippen MR) is 93.1 cm³/mol. The van der Waals surface area contributed by atoms with Crippen LogP contribution in [0.25, 0.3) is 0 Å². The van der Waals surface area contributed by atoms with Gasteiger partial charge in [-0.3, -0.25) is 14.2 Å². The van der Waals surface area contributed by atoms with Gasteiger partial charge in [-0.25, -0.2) is 0 Å². The molecule has 0 aliphatic carbocycles. The van der Waals surface area contributed by atoms with Crippen LogP contribution in [0.15, 0.2) is 36.5 Å². The summed E-state index contributed by atoms with van der Waals surface area (Å²) in [6.07, 6.45) is 1.59. The molecule has 0 radical (unpaired) electrons. The Kier molecular flexibility index (Phi) is 4.20. The van der Waals surface area contributed by atoms with Crippen molar-refractivity contribution in [2.24, 2.45) is 7.05 Å². The van der Waals surface area contributed by atoms with Gasteiger partial charge in [0.25, 0.3) is 5.91 Å². The number of amides is 1. The second-order valence-corrected chi connectivity index (χ2v) is 6.01. The molecular formula is C18H21N5O. The summed E-state index contributed by atoms with van der Waals surface area (Å²) < 4.78 is 3.65. The highest BCUT2D eigenvalue weighted by molar-refractivity contribution is 6.04. The molecule has 24 heavy (non-hydrogen) atoms. The van der Waals surface area contributed by atoms with Gasteiger partial charge >= 0.3 is 0 Å². The van der Waals surface area contributed by atoms with Crippen LogP contribution in [0.5, 0.6) is 0 Å². The molecule has 6 heteroatoms. The smallest absolute Gasteiger partial charge is 0.259 e. The molecule has 3 aromatic rings. The standard InChI is InChI=1S/C18H21N5O/c1-12-8-13(2)23(21-12)11-15-6-5-7-16(9-15)20-18(24)17-10-19-22(4)14(17)3/h5-10H,11H2,1-4H3,(H,20,24). The second kappa shape index (κ2) is 6.31. The molecule has 0 atom stereocenters. The Morgan fingerprint density at radius 2 is 2.00 bits per heavy atom. The fraction of sp³-hybridized carbons (Fsp3) is 0.278. The van der Waals surface area contributed by atoms with E-state index in [4.69, 9.17) is 0 Å². The lowest BCUT2D eigenvalue weighted by molar-refractivity contribution is 0.102. The minimum Gasteiger partial charge on any atom is -0.322 e. The summed E-state index contributed by atoms with van der Waals surface area (Å²) in [5, 5.41) is 11.5. The average molecular weight is 323 g/mol. The van der Waals surface area contributed by atoms with Crippen LogP contribution in [0, 0.1) is 20.8 Å². The highest BCUT2D eigenvalue weighted by Gasteiger charge is 2.13. The van der Waals surface area contributed by atoms with E-state index in [1.54, 1.807) is 10.9 Å². The number of nitrogens with zero attached hydrogens (tertiary/aromatic N) is 4. The number of benzene rings is 1. The van der Waals surface area contributed by atoms with Gasteiger partial charge < -0.3 is 5.32 Å². The molecule has 2 heterocycles. The van der Waals surface area contributed by atoms with Gasteiger partial charge in [0.2, 0.25) is 0 Å². The fourth-order valence-electron chi connectivity index (χ4n) is 2.68. The molecule has 0 fully saturated rings. The summed E-state index contributed by atoms with van der Waals surface area (Å²) >= 11 is 0. The topological polar surface area (TPSA) is 64.7 Å². The number of hydrogen-bond acceptors (Lipinski definition) is 3. The van der Waals surface area contributed by atoms with E-state index in [0.717, 1.165) is 28.3 Å². The lowest BCUT2D eigenvalue weighted by atomic mass is 10.2. The van der Waals surface area contributed by atoms with Gasteiger partial charge in [-0.05, 0) is 44.5 Å². The molecule has 0 aliphatic heterocycles. The number of hydrogen-bond donors (Lipinski definition) is 1. The van der Waals surface area contributed by atoms with Crippen molar-refractivity contribution in [3.63, 3.8) is 0 Å². The van der Waals surface area contributed by atoms with Crippen molar-refractivity contribution in [3.05, 3.63) is 64.7 Å². The summed E-state index contributed by atoms with van der Waals surface area (Å²) in [4.78, 5) is 12.4. The number of rotatable bonds is 4. The zero-order valence-corrected chi connectivity index (χ0v) is 14.4. The number of carbonyl (C=O) groups is 1. The van der Waals surface area contributed by atoms with Crippen LogP contribution in [-0.4, -0.2) is 25.5 Å². The Morgan fingerprint density at radius 1 is 1.21 bits per heavy atom. The van der Waals surface area contributed by atoms with Gasteiger partial charge in [-0.15, -0.1) is 0 Å². The number of nitrogens with one attached hydrogen (secondary N) is 1. The van der Waals surface area contributed by atoms with E-state index in [2.05, 4.69) is 21.6 Å². The average Bonchev–Trinajstić information content (AvgIpc) is 3.02. The maximum atomic E-state index is 12.4. The van der Waals surface area contributed by atoms with Crippen molar-refractivity contribution in [2.45, 2.75) is 27.3 Å². The van der Waals surface area contributed by atoms with Crippen LogP contribution >= 0.6 is 0 Å². The van der Waals surface area contributed by atoms with Crippen LogP contribution in [0.4, 0.5) is 5.69 Å². The molecule has 0 spiro atoms. The van der Waals surface area contributed by atoms with E-state index < -0.39 is 0 Å². The maximum absolute atomic E-state index is 12.4. The van der Waals surface area contributed by atoms with Crippen molar-refractivity contribution in [2.75, 3.05) is 5.32 Å². The zero-order chi connectivity index (χ0) is 17.3. The Hall–Kier alpha value is -2.89. The maximum Gasteiger partial charge on any atom is 0.259 e. The third kappa shape index (κ3) is 3.22. The minimum absolute atomic E-state index is 0.149. The lowest BCUT2D eigenvalue weighted by Gasteiger charge is -2.09. The van der Waals surface area contributed by atoms with Crippen molar-refractivity contribution >= 4 is 11.6 Å². The minimum atomic E-state index is -0.149. The molecule has 0 bridgehead atoms. The molecule has 1 aromatic carbocycles. The molecule has 1 N–H and O–H groups in total. The summed E-state index contributed by atoms with van der Waals surface area (Å²) in [7, 11) is 1.82. The van der Waals surface area contributed by atoms with E-state index in [0.29, 0.717) is 12.1 Å². The van der Waals surface area contributed by atoms with Crippen LogP contribution < -0.4 is 5.32 Å². The first-order chi connectivity index (χ1) is 11.4. The van der Waals surface area contributed by atoms with Gasteiger partial charge in [0.1, 0.15) is 0 Å². The van der Waals surface area contributed by atoms with Crippen molar-refractivity contribution in [3.8, 4) is 0 Å². The summed E-state index contributed by atoms with van der Waals surface area (Å²) in [5.74, 6) is -0.149. The Morgan fingerprint density at radius 3 is 2.62 bits per heavy atom. The van der Waals surface area contributed by atoms with Crippen LogP contribution in [0.2, 0.25) is 0 Å². The predicted octanol–water partition coefficient (Wildman–Crippen LogP) is 2.84. The quantitative estimate of drug-likeness (QED) is 0.803. The normalized spacial score (nSPS) is 10.8. The summed E-state index contributed by atoms with van der Waals surface area (Å²) in [5.41, 5.74) is 5.40. The van der Waals surface area contributed by atoms with E-state index in [1.165, 1.54) is 0 Å². The molecule has 124 valence electrons. The largest absolute Gasteiger partial charge is 0.322 e. The molecule has 0 unspecified atom stereocenters. The Balaban J connectivity index is 1.77. The van der Waals surface area contributed by atoms with Crippen molar-refractivity contribution < 1.29 is 4.79 Å². The van der Waals surface area contributed by atoms with Crippen LogP contribution in [0.1, 0.15) is 33.0 Å². The number of aryl methyl sites for hydroxylation is 3. The lowest BCUT2D eigenvalue weighted by Crippen LogP contribution is -2.13. The number of anilines is 1. The number of aromatic nitrogens is 4. The molecule has 0 saturated heterocycles. The molecular weight excluding hydrogens is 302 g/mol. The Bertz CT molecular complexity index is 891. The molecule has 2 aromatic heterocycles. The zero-order valence-electron chi connectivity index (χ0n) is 14.4. The summed E-state index contributed by atoms with van der Waals surface area (Å²) in [6, 6.07) is 9.87. The molecule has 1 amide bonds. The molecule has 6 nitrogen and oxygen atoms in total. The highest BCUT2D eigenvalue weighted by atomic mass is 16.1. The summed E-state index contributed by atoms with van der Waals surface area (Å²) in [6.45, 7) is 6.57. The molecule has 3 rings (SSSR count). The van der Waals surface area contributed by atoms with Gasteiger partial charge in [-0.1, -0.05) is 12.1 Å². The number of carbonyl (C=O) groups excluding carboxylic acids is 1. The highest BCUT2D eigenvalue weighted by Crippen LogP contribution is 2.15. The van der Waals surface area contributed by atoms with Crippen LogP contribution in [0.3, 0.4) is 0 Å². The first kappa shape index (κ1) is 16.0. The van der Waals surface area contributed by atoms with Gasteiger partial charge in [0, 0.05) is 24.1 Å². The van der Waals surface area contributed by atoms with Crippen molar-refractivity contribution in [1.82, 2.24) is 19.6 Å². The first-order valence-electron chi connectivity index (χ1n) is 7.84. The fourth-order valence-corrected chi connectivity index (χ4v) is 2.68. The monoisotopic (exact) mass is 323 g/mol. The van der Waals surface area contributed by atoms with Gasteiger partial charge in [0.15, 0.2) is 0 Å². The van der Waals surface area contributed by atoms with Gasteiger partial charge in [-0.2, -0.15) is 10.2 Å². The molecule has 0 saturated carbocycles. The van der Waals surface area contributed by atoms with E-state index in [1.807, 2.05) is 56.8 Å². The first-order valence-corrected chi connectivity index (χ1v) is 7.84. The van der Waals surface area contributed by atoms with Crippen molar-refractivity contribution in [1.29, 1.82) is 0 Å². The third-order valence-corrected chi connectivity index (χ3v) is 4.10. The van der Waals surface area contributed by atoms with Gasteiger partial charge in [0.05, 0.1) is 24.0 Å². The SMILES string of the molecule is Cc1cc(C)n(Cc2cccc(NC(=O)c3cnn(C)c3C)c2)n1. The molecule has 0 aliphatic rings. The Labute approximate surface area is 141 Å². The van der Waals surface area contributed by atoms with E-state index in [9.17, 15) is 4.79 Å². The second-order valence-electron chi connectivity index (χ2n) is 6.01.